The van der Waals surface area contributed by atoms with Gasteiger partial charge < -0.3 is 18.6 Å². The van der Waals surface area contributed by atoms with E-state index in [1.165, 1.54) is 12.1 Å². The van der Waals surface area contributed by atoms with Crippen molar-refractivity contribution in [3.05, 3.63) is 63.3 Å². The molecular formula is C29H32FN3O4. The van der Waals surface area contributed by atoms with Gasteiger partial charge in [0.05, 0.1) is 12.0 Å². The quantitative estimate of drug-likeness (QED) is 0.251. The molecule has 0 unspecified atom stereocenters. The molecule has 37 heavy (non-hydrogen) atoms. The highest BCUT2D eigenvalue weighted by molar-refractivity contribution is 5.88. The first-order valence-electron chi connectivity index (χ1n) is 13.3. The maximum atomic E-state index is 13.4. The Morgan fingerprint density at radius 2 is 1.78 bits per heavy atom. The summed E-state index contributed by atoms with van der Waals surface area (Å²) in [5, 5.41) is 6.09. The summed E-state index contributed by atoms with van der Waals surface area (Å²) in [6.07, 6.45) is 5.93. The van der Waals surface area contributed by atoms with E-state index in [1.807, 2.05) is 13.0 Å². The van der Waals surface area contributed by atoms with Gasteiger partial charge in [-0.05, 0) is 81.8 Å². The van der Waals surface area contributed by atoms with Crippen molar-refractivity contribution >= 4 is 27.8 Å². The van der Waals surface area contributed by atoms with Crippen LogP contribution in [0, 0.1) is 12.7 Å². The Hall–Kier alpha value is -3.39. The molecule has 2 aliphatic rings. The van der Waals surface area contributed by atoms with Gasteiger partial charge >= 0.3 is 5.63 Å². The first-order chi connectivity index (χ1) is 18.1. The van der Waals surface area contributed by atoms with Gasteiger partial charge in [0.1, 0.15) is 17.1 Å². The van der Waals surface area contributed by atoms with E-state index in [4.69, 9.17) is 13.7 Å². The lowest BCUT2D eigenvalue weighted by atomic mass is 9.90. The number of halogens is 1. The summed E-state index contributed by atoms with van der Waals surface area (Å²) in [4.78, 5) is 17.2. The molecule has 0 amide bonds. The number of ether oxygens (including phenoxy) is 1. The van der Waals surface area contributed by atoms with Crippen LogP contribution < -0.4 is 15.3 Å². The van der Waals surface area contributed by atoms with Crippen LogP contribution in [0.1, 0.15) is 42.4 Å². The average Bonchev–Trinajstić information content (AvgIpc) is 3.33. The molecule has 7 nitrogen and oxygen atoms in total. The highest BCUT2D eigenvalue weighted by Gasteiger charge is 2.22. The molecule has 2 aromatic carbocycles. The molecule has 0 radical (unpaired) electrons. The lowest BCUT2D eigenvalue weighted by Crippen LogP contribution is -2.46. The van der Waals surface area contributed by atoms with Gasteiger partial charge in [-0.1, -0.05) is 5.16 Å². The van der Waals surface area contributed by atoms with Crippen molar-refractivity contribution in [3.63, 3.8) is 0 Å². The third kappa shape index (κ3) is 4.70. The fraction of sp³-hybridized carbons (Fsp3) is 0.448. The van der Waals surface area contributed by atoms with Crippen molar-refractivity contribution in [2.24, 2.45) is 0 Å². The zero-order chi connectivity index (χ0) is 25.4. The van der Waals surface area contributed by atoms with Gasteiger partial charge in [-0.25, -0.2) is 9.18 Å². The van der Waals surface area contributed by atoms with Crippen LogP contribution in [0.25, 0.3) is 21.9 Å². The van der Waals surface area contributed by atoms with Crippen molar-refractivity contribution in [2.45, 2.75) is 45.4 Å². The van der Waals surface area contributed by atoms with Gasteiger partial charge in [-0.2, -0.15) is 0 Å². The Balaban J connectivity index is 0.991. The third-order valence-corrected chi connectivity index (χ3v) is 7.80. The van der Waals surface area contributed by atoms with Crippen molar-refractivity contribution in [1.82, 2.24) is 10.1 Å². The zero-order valence-corrected chi connectivity index (χ0v) is 21.2. The van der Waals surface area contributed by atoms with Crippen molar-refractivity contribution in [1.29, 1.82) is 0 Å². The summed E-state index contributed by atoms with van der Waals surface area (Å²) in [5.74, 6) is 1.27. The monoisotopic (exact) mass is 505 g/mol. The Labute approximate surface area is 214 Å². The summed E-state index contributed by atoms with van der Waals surface area (Å²) in [5.41, 5.74) is 3.90. The molecule has 0 N–H and O–H groups in total. The van der Waals surface area contributed by atoms with Crippen LogP contribution in [-0.2, 0) is 12.8 Å². The maximum Gasteiger partial charge on any atom is 0.339 e. The second-order valence-electron chi connectivity index (χ2n) is 10.2. The topological polar surface area (TPSA) is 72.0 Å². The van der Waals surface area contributed by atoms with E-state index < -0.39 is 0 Å². The van der Waals surface area contributed by atoms with Crippen LogP contribution in [0.15, 0.2) is 44.1 Å². The number of nitrogens with zero attached hydrogens (tertiary/aromatic N) is 3. The molecule has 1 aliphatic carbocycles. The minimum Gasteiger partial charge on any atom is -0.493 e. The van der Waals surface area contributed by atoms with Crippen LogP contribution in [0.4, 0.5) is 10.2 Å². The lowest BCUT2D eigenvalue weighted by molar-refractivity contribution is 0.237. The molecule has 1 aliphatic heterocycles. The van der Waals surface area contributed by atoms with Gasteiger partial charge in [-0.3, -0.25) is 4.90 Å². The second kappa shape index (κ2) is 10.2. The minimum absolute atomic E-state index is 0.187. The highest BCUT2D eigenvalue weighted by Crippen LogP contribution is 2.33. The number of aryl methyl sites for hydroxylation is 2. The number of rotatable bonds is 7. The fourth-order valence-corrected chi connectivity index (χ4v) is 5.71. The molecule has 6 rings (SSSR count). The molecule has 2 aromatic heterocycles. The molecule has 8 heteroatoms. The molecule has 4 aromatic rings. The molecule has 0 atom stereocenters. The molecule has 1 fully saturated rings. The Morgan fingerprint density at radius 3 is 2.62 bits per heavy atom. The number of benzene rings is 2. The SMILES string of the molecule is Cc1c(OCCCCN2CCN(c3noc4cc(F)ccc34)CC2)ccc2c3c(c(=O)oc12)CCCC3. The van der Waals surface area contributed by atoms with E-state index in [0.29, 0.717) is 17.8 Å². The van der Waals surface area contributed by atoms with Gasteiger partial charge in [-0.15, -0.1) is 0 Å². The summed E-state index contributed by atoms with van der Waals surface area (Å²) >= 11 is 0. The molecule has 3 heterocycles. The number of unbranched alkanes of at least 4 members (excludes halogenated alkanes) is 1. The van der Waals surface area contributed by atoms with E-state index in [-0.39, 0.29) is 11.4 Å². The Morgan fingerprint density at radius 1 is 1.00 bits per heavy atom. The predicted octanol–water partition coefficient (Wildman–Crippen LogP) is 5.24. The smallest absolute Gasteiger partial charge is 0.339 e. The van der Waals surface area contributed by atoms with Gasteiger partial charge in [0, 0.05) is 48.8 Å². The summed E-state index contributed by atoms with van der Waals surface area (Å²) in [7, 11) is 0. The van der Waals surface area contributed by atoms with Crippen LogP contribution >= 0.6 is 0 Å². The maximum absolute atomic E-state index is 13.4. The number of piperazine rings is 1. The van der Waals surface area contributed by atoms with Crippen molar-refractivity contribution in [3.8, 4) is 5.75 Å². The van der Waals surface area contributed by atoms with Gasteiger partial charge in [0.15, 0.2) is 11.4 Å². The second-order valence-corrected chi connectivity index (χ2v) is 10.2. The third-order valence-electron chi connectivity index (χ3n) is 7.80. The fourth-order valence-electron chi connectivity index (χ4n) is 5.71. The van der Waals surface area contributed by atoms with Crippen molar-refractivity contribution < 1.29 is 18.1 Å². The Kier molecular flexibility index (Phi) is 6.59. The number of hydrogen-bond acceptors (Lipinski definition) is 7. The normalized spacial score (nSPS) is 16.4. The van der Waals surface area contributed by atoms with Crippen LogP contribution in [0.5, 0.6) is 5.75 Å². The predicted molar refractivity (Wildman–Crippen MR) is 141 cm³/mol. The lowest BCUT2D eigenvalue weighted by Gasteiger charge is -2.34. The number of fused-ring (bicyclic) bond motifs is 4. The van der Waals surface area contributed by atoms with E-state index in [0.717, 1.165) is 110 Å². The molecular weight excluding hydrogens is 473 g/mol. The number of anilines is 1. The largest absolute Gasteiger partial charge is 0.493 e. The summed E-state index contributed by atoms with van der Waals surface area (Å²) in [6.45, 7) is 7.24. The van der Waals surface area contributed by atoms with Crippen LogP contribution in [-0.4, -0.2) is 49.4 Å². The van der Waals surface area contributed by atoms with E-state index in [9.17, 15) is 9.18 Å². The summed E-state index contributed by atoms with van der Waals surface area (Å²) < 4.78 is 30.6. The van der Waals surface area contributed by atoms with E-state index in [1.54, 1.807) is 6.07 Å². The van der Waals surface area contributed by atoms with E-state index in [2.05, 4.69) is 21.0 Å². The van der Waals surface area contributed by atoms with Crippen molar-refractivity contribution in [2.75, 3.05) is 44.2 Å². The first kappa shape index (κ1) is 24.0. The average molecular weight is 506 g/mol. The standard InChI is InChI=1S/C29H32FN3O4/c1-19-25(11-10-22-21-6-2-3-7-23(21)29(34)36-27(19)22)35-17-5-4-12-32-13-15-33(16-14-32)28-24-9-8-20(30)18-26(24)37-31-28/h8-11,18H,2-7,12-17H2,1H3. The molecule has 0 bridgehead atoms. The molecule has 194 valence electrons. The Bertz CT molecular complexity index is 1490. The van der Waals surface area contributed by atoms with Gasteiger partial charge in [0.25, 0.3) is 0 Å². The van der Waals surface area contributed by atoms with Crippen LogP contribution in [0.3, 0.4) is 0 Å². The summed E-state index contributed by atoms with van der Waals surface area (Å²) in [6, 6.07) is 8.64. The molecule has 0 saturated carbocycles. The molecule has 0 spiro atoms. The molecule has 1 saturated heterocycles. The zero-order valence-electron chi connectivity index (χ0n) is 21.2. The highest BCUT2D eigenvalue weighted by atomic mass is 19.1. The van der Waals surface area contributed by atoms with Gasteiger partial charge in [0.2, 0.25) is 0 Å². The minimum atomic E-state index is -0.315. The first-order valence-corrected chi connectivity index (χ1v) is 13.3. The number of hydrogen-bond donors (Lipinski definition) is 0. The number of aromatic nitrogens is 1. The van der Waals surface area contributed by atoms with Crippen LogP contribution in [0.2, 0.25) is 0 Å². The van der Waals surface area contributed by atoms with E-state index >= 15 is 0 Å².